The van der Waals surface area contributed by atoms with Crippen LogP contribution in [0.4, 0.5) is 5.69 Å². The van der Waals surface area contributed by atoms with Crippen molar-refractivity contribution in [3.8, 4) is 0 Å². The first-order chi connectivity index (χ1) is 22.4. The summed E-state index contributed by atoms with van der Waals surface area (Å²) in [5.41, 5.74) is 3.38. The molecule has 3 N–H and O–H groups in total. The van der Waals surface area contributed by atoms with Crippen LogP contribution in [-0.4, -0.2) is 77.1 Å². The van der Waals surface area contributed by atoms with Gasteiger partial charge in [0.05, 0.1) is 13.2 Å². The Morgan fingerprint density at radius 1 is 1.00 bits per heavy atom. The fraction of sp³-hybridized carbons (Fsp3) is 0.632. The molecule has 4 saturated carbocycles. The maximum atomic E-state index is 14.3. The topological polar surface area (TPSA) is 80.3 Å². The molecule has 0 radical (unpaired) electrons. The number of hydroxylamine groups is 2. The summed E-state index contributed by atoms with van der Waals surface area (Å²) in [5.74, 6) is 1.85. The Kier molecular flexibility index (Phi) is 8.59. The van der Waals surface area contributed by atoms with Crippen molar-refractivity contribution in [1.29, 1.82) is 0 Å². The third kappa shape index (κ3) is 5.75. The Morgan fingerprint density at radius 3 is 2.34 bits per heavy atom. The first-order valence-corrected chi connectivity index (χ1v) is 18.1. The van der Waals surface area contributed by atoms with E-state index >= 15 is 0 Å². The first-order valence-electron chi connectivity index (χ1n) is 17.7. The maximum Gasteiger partial charge on any atom is 0.240 e. The highest BCUT2D eigenvalue weighted by Crippen LogP contribution is 2.71. The van der Waals surface area contributed by atoms with Crippen molar-refractivity contribution in [3.63, 3.8) is 0 Å². The summed E-state index contributed by atoms with van der Waals surface area (Å²) in [7, 11) is 0. The summed E-state index contributed by atoms with van der Waals surface area (Å²) >= 11 is 5.72. The van der Waals surface area contributed by atoms with Gasteiger partial charge in [0.1, 0.15) is 12.1 Å². The van der Waals surface area contributed by atoms with Crippen LogP contribution in [0.2, 0.25) is 0 Å². The van der Waals surface area contributed by atoms with Crippen LogP contribution in [0.3, 0.4) is 0 Å². The fourth-order valence-electron chi connectivity index (χ4n) is 9.83. The summed E-state index contributed by atoms with van der Waals surface area (Å²) in [6, 6.07) is 18.7. The van der Waals surface area contributed by atoms with E-state index in [9.17, 15) is 9.90 Å². The van der Waals surface area contributed by atoms with Crippen LogP contribution in [-0.2, 0) is 22.7 Å². The molecule has 7 atom stereocenters. The van der Waals surface area contributed by atoms with Crippen LogP contribution in [0.25, 0.3) is 0 Å². The molecular formula is C38H53N5O3S. The van der Waals surface area contributed by atoms with Gasteiger partial charge in [0.2, 0.25) is 5.91 Å². The second kappa shape index (κ2) is 12.3. The summed E-state index contributed by atoms with van der Waals surface area (Å²) in [6.07, 6.45) is 2.81. The van der Waals surface area contributed by atoms with Gasteiger partial charge in [-0.25, -0.2) is 0 Å². The minimum absolute atomic E-state index is 0.0617. The number of fused-ring (bicyclic) bond motifs is 2. The zero-order valence-electron chi connectivity index (χ0n) is 28.7. The highest BCUT2D eigenvalue weighted by Gasteiger charge is 2.76. The van der Waals surface area contributed by atoms with E-state index in [2.05, 4.69) is 91.5 Å². The smallest absolute Gasteiger partial charge is 0.240 e. The van der Waals surface area contributed by atoms with Crippen molar-refractivity contribution in [2.75, 3.05) is 37.7 Å². The molecule has 1 spiro atoms. The summed E-state index contributed by atoms with van der Waals surface area (Å²) in [6.45, 7) is 16.2. The second-order valence-electron chi connectivity index (χ2n) is 16.2. The lowest BCUT2D eigenvalue weighted by Crippen LogP contribution is -2.62. The van der Waals surface area contributed by atoms with E-state index < -0.39 is 11.5 Å². The molecule has 2 bridgehead atoms. The maximum absolute atomic E-state index is 14.3. The molecule has 8 nitrogen and oxygen atoms in total. The van der Waals surface area contributed by atoms with Gasteiger partial charge in [-0.15, -0.1) is 0 Å². The van der Waals surface area contributed by atoms with Crippen LogP contribution in [0.15, 0.2) is 54.6 Å². The number of rotatable bonds is 8. The molecule has 9 heteroatoms. The Morgan fingerprint density at radius 2 is 1.70 bits per heavy atom. The second-order valence-corrected chi connectivity index (χ2v) is 16.6. The zero-order chi connectivity index (χ0) is 33.1. The van der Waals surface area contributed by atoms with Gasteiger partial charge in [0.25, 0.3) is 0 Å². The van der Waals surface area contributed by atoms with E-state index in [4.69, 9.17) is 17.1 Å². The molecule has 47 heavy (non-hydrogen) atoms. The minimum Gasteiger partial charge on any atom is -0.394 e. The molecule has 2 saturated heterocycles. The van der Waals surface area contributed by atoms with Gasteiger partial charge < -0.3 is 25.5 Å². The molecule has 8 rings (SSSR count). The Bertz CT molecular complexity index is 1480. The number of hydrogen-bond donors (Lipinski definition) is 3. The predicted molar refractivity (Wildman–Crippen MR) is 189 cm³/mol. The van der Waals surface area contributed by atoms with Crippen molar-refractivity contribution in [2.45, 2.75) is 85.2 Å². The van der Waals surface area contributed by atoms with E-state index in [1.807, 2.05) is 23.3 Å². The van der Waals surface area contributed by atoms with E-state index in [0.29, 0.717) is 29.7 Å². The van der Waals surface area contributed by atoms with Gasteiger partial charge in [0.15, 0.2) is 5.11 Å². The molecule has 4 aliphatic carbocycles. The molecule has 0 unspecified atom stereocenters. The molecule has 254 valence electrons. The minimum atomic E-state index is -0.440. The molecule has 1 amide bonds. The number of benzene rings is 2. The SMILES string of the molecule is C[C@@H]1[C@@H](NC(=O)[C@H]2N(Cc3cccc(N4CCN(C(=S)NCc5ccccc5)CC4)c3)O[C@@H](CO)[C@]23CC3(C)C)C[C@H]2C[C@@H]1C2(C)C. The summed E-state index contributed by atoms with van der Waals surface area (Å²) in [5, 5.41) is 20.1. The summed E-state index contributed by atoms with van der Waals surface area (Å²) in [4.78, 5) is 25.5. The summed E-state index contributed by atoms with van der Waals surface area (Å²) < 4.78 is 0. The lowest BCUT2D eigenvalue weighted by molar-refractivity contribution is -0.183. The molecule has 2 heterocycles. The van der Waals surface area contributed by atoms with Crippen molar-refractivity contribution in [3.05, 3.63) is 65.7 Å². The number of hydrogen-bond acceptors (Lipinski definition) is 6. The van der Waals surface area contributed by atoms with E-state index in [0.717, 1.165) is 56.2 Å². The van der Waals surface area contributed by atoms with Crippen LogP contribution in [0, 0.1) is 34.0 Å². The molecule has 2 aromatic rings. The predicted octanol–water partition coefficient (Wildman–Crippen LogP) is 4.96. The van der Waals surface area contributed by atoms with Crippen molar-refractivity contribution in [2.24, 2.45) is 34.0 Å². The van der Waals surface area contributed by atoms with Gasteiger partial charge >= 0.3 is 0 Å². The average molecular weight is 660 g/mol. The third-order valence-corrected chi connectivity index (χ3v) is 13.4. The standard InChI is InChI=1S/C38H53N5O3S/c1-25-30-19-28(37(30,4)5)20-31(25)40-34(45)33-38(24-36(38,2)3)32(23-44)46-43(33)22-27-12-9-13-29(18-27)41-14-16-42(17-15-41)35(47)39-21-26-10-7-6-8-11-26/h6-13,18,25,28,30-33,44H,14-17,19-24H2,1-5H3,(H,39,47)(H,40,45)/t25-,28+,30-,31-,32-,33+,38+/m0/s1. The monoisotopic (exact) mass is 659 g/mol. The highest BCUT2D eigenvalue weighted by molar-refractivity contribution is 7.80. The molecule has 6 fully saturated rings. The number of carbonyl (C=O) groups excluding carboxylic acids is 1. The third-order valence-electron chi connectivity index (χ3n) is 13.0. The van der Waals surface area contributed by atoms with Gasteiger partial charge in [-0.2, -0.15) is 5.06 Å². The number of nitrogens with zero attached hydrogens (tertiary/aromatic N) is 3. The van der Waals surface area contributed by atoms with Crippen molar-refractivity contribution >= 4 is 28.9 Å². The van der Waals surface area contributed by atoms with E-state index in [-0.39, 0.29) is 30.1 Å². The Balaban J connectivity index is 1.01. The molecular weight excluding hydrogens is 607 g/mol. The van der Waals surface area contributed by atoms with E-state index in [1.54, 1.807) is 0 Å². The van der Waals surface area contributed by atoms with Crippen LogP contribution in [0.1, 0.15) is 65.0 Å². The number of piperazine rings is 1. The number of amides is 1. The van der Waals surface area contributed by atoms with Gasteiger partial charge in [-0.05, 0) is 83.3 Å². The number of anilines is 1. The number of carbonyl (C=O) groups is 1. The van der Waals surface area contributed by atoms with Crippen LogP contribution < -0.4 is 15.5 Å². The quantitative estimate of drug-likeness (QED) is 0.344. The lowest BCUT2D eigenvalue weighted by atomic mass is 9.45. The molecule has 2 aliphatic heterocycles. The average Bonchev–Trinajstić information content (AvgIpc) is 3.49. The Labute approximate surface area is 286 Å². The number of aliphatic hydroxyl groups excluding tert-OH is 1. The van der Waals surface area contributed by atoms with Gasteiger partial charge in [-0.1, -0.05) is 77.1 Å². The molecule has 2 aromatic carbocycles. The molecule has 6 aliphatic rings. The van der Waals surface area contributed by atoms with Crippen LogP contribution >= 0.6 is 12.2 Å². The normalized spacial score (nSPS) is 33.7. The Hall–Kier alpha value is -2.72. The largest absolute Gasteiger partial charge is 0.394 e. The van der Waals surface area contributed by atoms with Gasteiger partial charge in [0, 0.05) is 49.9 Å². The fourth-order valence-corrected chi connectivity index (χ4v) is 10.1. The number of nitrogens with one attached hydrogen (secondary N) is 2. The van der Waals surface area contributed by atoms with Crippen molar-refractivity contribution in [1.82, 2.24) is 20.6 Å². The van der Waals surface area contributed by atoms with Crippen LogP contribution in [0.5, 0.6) is 0 Å². The van der Waals surface area contributed by atoms with Crippen molar-refractivity contribution < 1.29 is 14.7 Å². The first kappa shape index (κ1) is 32.8. The number of aliphatic hydroxyl groups is 1. The lowest BCUT2D eigenvalue weighted by Gasteiger charge is -2.62. The number of thiocarbonyl (C=S) groups is 1. The molecule has 0 aromatic heterocycles. The zero-order valence-corrected chi connectivity index (χ0v) is 29.6. The highest BCUT2D eigenvalue weighted by atomic mass is 32.1. The van der Waals surface area contributed by atoms with E-state index in [1.165, 1.54) is 17.7 Å². The van der Waals surface area contributed by atoms with Gasteiger partial charge in [-0.3, -0.25) is 9.63 Å².